The summed E-state index contributed by atoms with van der Waals surface area (Å²) in [7, 11) is 0. The number of benzene rings is 5. The molecule has 2 aliphatic heterocycles. The van der Waals surface area contributed by atoms with Crippen molar-refractivity contribution in [2.75, 3.05) is 32.7 Å². The van der Waals surface area contributed by atoms with Crippen molar-refractivity contribution in [3.8, 4) is 11.1 Å². The summed E-state index contributed by atoms with van der Waals surface area (Å²) in [5.74, 6) is -12.5. The Labute approximate surface area is 322 Å². The quantitative estimate of drug-likeness (QED) is 0.0805. The maximum Gasteiger partial charge on any atom is 0.257 e. The maximum absolute atomic E-state index is 14.2. The standard InChI is InChI=1S/C44H42F5N3O4/c1-27-35(25-52-20-18-51(19-21-52)24-28-6-3-2-4-7-28)55-44(56-42(27)32-12-10-29(26-53)11-13-32)33-16-14-31(15-17-33)34-9-5-8-30(22-34)23-50-43(54)36-37(45)39(47)41(49)40(48)38(36)46/h2-17,22,27,35,42,44,53H,18-21,23-26H2,1H3,(H,50,54). The monoisotopic (exact) mass is 771 g/mol. The van der Waals surface area contributed by atoms with Gasteiger partial charge in [-0.15, -0.1) is 0 Å². The molecule has 7 nitrogen and oxygen atoms in total. The van der Waals surface area contributed by atoms with Crippen LogP contribution in [0.3, 0.4) is 0 Å². The van der Waals surface area contributed by atoms with Crippen LogP contribution < -0.4 is 5.32 Å². The molecule has 7 rings (SSSR count). The molecule has 2 saturated heterocycles. The van der Waals surface area contributed by atoms with Gasteiger partial charge in [-0.05, 0) is 39.4 Å². The Bertz CT molecular complexity index is 2100. The van der Waals surface area contributed by atoms with Crippen LogP contribution in [0.25, 0.3) is 11.1 Å². The highest BCUT2D eigenvalue weighted by atomic mass is 19.2. The molecule has 0 aliphatic carbocycles. The number of aliphatic hydroxyl groups excluding tert-OH is 1. The molecule has 0 aromatic heterocycles. The van der Waals surface area contributed by atoms with E-state index in [-0.39, 0.29) is 31.3 Å². The van der Waals surface area contributed by atoms with E-state index in [1.165, 1.54) is 5.56 Å². The Morgan fingerprint density at radius 1 is 0.679 bits per heavy atom. The van der Waals surface area contributed by atoms with Gasteiger partial charge in [-0.3, -0.25) is 14.6 Å². The van der Waals surface area contributed by atoms with Crippen LogP contribution in [0.1, 0.15) is 57.5 Å². The van der Waals surface area contributed by atoms with E-state index in [9.17, 15) is 31.9 Å². The highest BCUT2D eigenvalue weighted by molar-refractivity contribution is 5.94. The normalized spacial score (nSPS) is 20.6. The number of ether oxygens (including phenoxy) is 2. The second-order valence-corrected chi connectivity index (χ2v) is 14.3. The summed E-state index contributed by atoms with van der Waals surface area (Å²) in [6, 6.07) is 33.0. The van der Waals surface area contributed by atoms with Gasteiger partial charge in [0.1, 0.15) is 5.56 Å². The minimum absolute atomic E-state index is 0.0326. The molecule has 0 bridgehead atoms. The molecular formula is C44H42F5N3O4. The third kappa shape index (κ3) is 8.69. The smallest absolute Gasteiger partial charge is 0.257 e. The molecule has 0 saturated carbocycles. The Hall–Kier alpha value is -4.98. The number of carbonyl (C=O) groups is 1. The molecule has 12 heteroatoms. The molecule has 2 fully saturated rings. The van der Waals surface area contributed by atoms with Crippen molar-refractivity contribution in [2.45, 2.75) is 45.1 Å². The molecule has 5 aromatic carbocycles. The molecular weight excluding hydrogens is 729 g/mol. The summed E-state index contributed by atoms with van der Waals surface area (Å²) < 4.78 is 82.5. The predicted octanol–water partition coefficient (Wildman–Crippen LogP) is 8.08. The first-order valence-corrected chi connectivity index (χ1v) is 18.6. The number of rotatable bonds is 11. The fraction of sp³-hybridized carbons (Fsp3) is 0.295. The van der Waals surface area contributed by atoms with Gasteiger partial charge in [-0.1, -0.05) is 104 Å². The van der Waals surface area contributed by atoms with Crippen LogP contribution in [0, 0.1) is 35.0 Å². The zero-order valence-corrected chi connectivity index (χ0v) is 30.7. The Morgan fingerprint density at radius 3 is 1.95 bits per heavy atom. The molecule has 56 heavy (non-hydrogen) atoms. The SMILES string of the molecule is CC1C(CN2CCN(Cc3ccccc3)CC2)OC(c2ccc(-c3cccc(CNC(=O)c4c(F)c(F)c(F)c(F)c4F)c3)cc2)OC1c1ccc(CO)cc1. The third-order valence-electron chi connectivity index (χ3n) is 10.6. The molecule has 0 radical (unpaired) electrons. The highest BCUT2D eigenvalue weighted by Gasteiger charge is 2.39. The molecule has 5 aromatic rings. The number of nitrogens with zero attached hydrogens (tertiary/aromatic N) is 2. The van der Waals surface area contributed by atoms with E-state index < -0.39 is 46.8 Å². The highest BCUT2D eigenvalue weighted by Crippen LogP contribution is 2.42. The van der Waals surface area contributed by atoms with Crippen molar-refractivity contribution in [3.05, 3.63) is 166 Å². The van der Waals surface area contributed by atoms with Crippen LogP contribution in [-0.4, -0.2) is 59.6 Å². The van der Waals surface area contributed by atoms with Crippen molar-refractivity contribution >= 4 is 5.91 Å². The largest absolute Gasteiger partial charge is 0.392 e. The number of amides is 1. The van der Waals surface area contributed by atoms with Crippen LogP contribution in [0.2, 0.25) is 0 Å². The number of piperazine rings is 1. The lowest BCUT2D eigenvalue weighted by atomic mass is 9.89. The van der Waals surface area contributed by atoms with Gasteiger partial charge >= 0.3 is 0 Å². The van der Waals surface area contributed by atoms with Crippen LogP contribution in [0.15, 0.2) is 103 Å². The maximum atomic E-state index is 14.2. The fourth-order valence-electron chi connectivity index (χ4n) is 7.32. The van der Waals surface area contributed by atoms with Crippen molar-refractivity contribution in [2.24, 2.45) is 5.92 Å². The number of hydrogen-bond donors (Lipinski definition) is 2. The zero-order valence-electron chi connectivity index (χ0n) is 30.7. The van der Waals surface area contributed by atoms with Crippen molar-refractivity contribution in [3.63, 3.8) is 0 Å². The first-order valence-electron chi connectivity index (χ1n) is 18.6. The Morgan fingerprint density at radius 2 is 1.29 bits per heavy atom. The minimum atomic E-state index is -2.33. The van der Waals surface area contributed by atoms with Gasteiger partial charge in [-0.25, -0.2) is 22.0 Å². The lowest BCUT2D eigenvalue weighted by Crippen LogP contribution is -2.51. The summed E-state index contributed by atoms with van der Waals surface area (Å²) in [4.78, 5) is 17.4. The first-order chi connectivity index (χ1) is 27.1. The van der Waals surface area contributed by atoms with E-state index in [2.05, 4.69) is 46.3 Å². The summed E-state index contributed by atoms with van der Waals surface area (Å²) in [6.07, 6.45) is -1.05. The lowest BCUT2D eigenvalue weighted by molar-refractivity contribution is -0.276. The second kappa shape index (κ2) is 17.4. The average molecular weight is 772 g/mol. The summed E-state index contributed by atoms with van der Waals surface area (Å²) >= 11 is 0. The van der Waals surface area contributed by atoms with Gasteiger partial charge in [0.05, 0.1) is 18.8 Å². The molecule has 0 spiro atoms. The number of carbonyl (C=O) groups excluding carboxylic acids is 1. The Kier molecular flexibility index (Phi) is 12.2. The fourth-order valence-corrected chi connectivity index (χ4v) is 7.32. The molecule has 4 unspecified atom stereocenters. The third-order valence-corrected chi connectivity index (χ3v) is 10.6. The van der Waals surface area contributed by atoms with Gasteiger partial charge in [0.25, 0.3) is 5.91 Å². The van der Waals surface area contributed by atoms with Crippen LogP contribution in [-0.2, 0) is 29.2 Å². The molecule has 4 atom stereocenters. The predicted molar refractivity (Wildman–Crippen MR) is 200 cm³/mol. The van der Waals surface area contributed by atoms with E-state index >= 15 is 0 Å². The minimum Gasteiger partial charge on any atom is -0.392 e. The summed E-state index contributed by atoms with van der Waals surface area (Å²) in [5.41, 5.74) is 4.54. The number of hydrogen-bond acceptors (Lipinski definition) is 6. The number of halogens is 5. The number of nitrogens with one attached hydrogen (secondary N) is 1. The van der Waals surface area contributed by atoms with Crippen molar-refractivity contribution < 1.29 is 41.3 Å². The molecule has 2 aliphatic rings. The van der Waals surface area contributed by atoms with Crippen molar-refractivity contribution in [1.29, 1.82) is 0 Å². The van der Waals surface area contributed by atoms with Gasteiger partial charge in [0, 0.05) is 57.3 Å². The van der Waals surface area contributed by atoms with E-state index in [1.807, 2.05) is 60.7 Å². The summed E-state index contributed by atoms with van der Waals surface area (Å²) in [5, 5.41) is 11.9. The van der Waals surface area contributed by atoms with Crippen molar-refractivity contribution in [1.82, 2.24) is 15.1 Å². The molecule has 292 valence electrons. The number of aliphatic hydroxyl groups is 1. The van der Waals surface area contributed by atoms with E-state index in [0.717, 1.165) is 67.1 Å². The van der Waals surface area contributed by atoms with Gasteiger partial charge in [0.15, 0.2) is 29.6 Å². The Balaban J connectivity index is 1.04. The molecule has 1 amide bonds. The van der Waals surface area contributed by atoms with Crippen LogP contribution in [0.5, 0.6) is 0 Å². The average Bonchev–Trinajstić information content (AvgIpc) is 3.23. The molecule has 2 heterocycles. The topological polar surface area (TPSA) is 74.3 Å². The van der Waals surface area contributed by atoms with E-state index in [4.69, 9.17) is 9.47 Å². The zero-order chi connectivity index (χ0) is 39.3. The van der Waals surface area contributed by atoms with E-state index in [1.54, 1.807) is 18.2 Å². The molecule has 2 N–H and O–H groups in total. The van der Waals surface area contributed by atoms with Gasteiger partial charge in [-0.2, -0.15) is 0 Å². The lowest BCUT2D eigenvalue weighted by Gasteiger charge is -2.44. The van der Waals surface area contributed by atoms with Crippen LogP contribution >= 0.6 is 0 Å². The van der Waals surface area contributed by atoms with Gasteiger partial charge < -0.3 is 19.9 Å². The van der Waals surface area contributed by atoms with E-state index in [0.29, 0.717) is 5.56 Å². The van der Waals surface area contributed by atoms with Crippen LogP contribution in [0.4, 0.5) is 22.0 Å². The van der Waals surface area contributed by atoms with Gasteiger partial charge in [0.2, 0.25) is 5.82 Å². The summed E-state index contributed by atoms with van der Waals surface area (Å²) in [6.45, 7) is 7.32. The second-order valence-electron chi connectivity index (χ2n) is 14.3. The first kappa shape index (κ1) is 39.3.